The molecule has 0 saturated heterocycles. The number of anilines is 1. The SMILES string of the molecule is CCN(CC)CCN(C(=O)CCS(=O)(=O)c1ccc(F)cc1)c1nc2c(F)cccc2s1.Cl. The molecule has 0 fully saturated rings. The molecule has 0 atom stereocenters. The van der Waals surface area contributed by atoms with Crippen LogP contribution in [0.5, 0.6) is 0 Å². The molecule has 1 amide bonds. The number of halogens is 3. The molecular formula is C22H26ClF2N3O3S2. The Bertz CT molecular complexity index is 1180. The van der Waals surface area contributed by atoms with Crippen LogP contribution in [0.1, 0.15) is 20.3 Å². The van der Waals surface area contributed by atoms with E-state index in [1.165, 1.54) is 34.4 Å². The number of carbonyl (C=O) groups is 1. The van der Waals surface area contributed by atoms with Crippen molar-refractivity contribution in [2.75, 3.05) is 36.8 Å². The van der Waals surface area contributed by atoms with Crippen LogP contribution in [0.15, 0.2) is 47.4 Å². The number of carbonyl (C=O) groups excluding carboxylic acids is 1. The lowest BCUT2D eigenvalue weighted by Crippen LogP contribution is -2.39. The first-order chi connectivity index (χ1) is 15.2. The third-order valence-corrected chi connectivity index (χ3v) is 7.96. The van der Waals surface area contributed by atoms with Gasteiger partial charge in [-0.15, -0.1) is 12.4 Å². The Kier molecular flexibility index (Phi) is 9.71. The zero-order chi connectivity index (χ0) is 23.3. The van der Waals surface area contributed by atoms with Gasteiger partial charge in [0.25, 0.3) is 0 Å². The van der Waals surface area contributed by atoms with Crippen LogP contribution in [0.2, 0.25) is 0 Å². The van der Waals surface area contributed by atoms with Crippen LogP contribution in [0, 0.1) is 11.6 Å². The summed E-state index contributed by atoms with van der Waals surface area (Å²) in [6.07, 6.45) is -0.267. The maximum atomic E-state index is 14.1. The average molecular weight is 518 g/mol. The highest BCUT2D eigenvalue weighted by atomic mass is 35.5. The number of hydrogen-bond donors (Lipinski definition) is 0. The number of thiazole rings is 1. The summed E-state index contributed by atoms with van der Waals surface area (Å²) in [5, 5.41) is 0.335. The molecule has 2 aromatic carbocycles. The van der Waals surface area contributed by atoms with E-state index < -0.39 is 33.1 Å². The van der Waals surface area contributed by atoms with E-state index in [-0.39, 0.29) is 29.2 Å². The molecule has 0 N–H and O–H groups in total. The lowest BCUT2D eigenvalue weighted by Gasteiger charge is -2.24. The van der Waals surface area contributed by atoms with Crippen molar-refractivity contribution in [1.82, 2.24) is 9.88 Å². The van der Waals surface area contributed by atoms with Gasteiger partial charge in [0.2, 0.25) is 5.91 Å². The molecule has 3 rings (SSSR count). The molecule has 0 unspecified atom stereocenters. The number of nitrogens with zero attached hydrogens (tertiary/aromatic N) is 3. The summed E-state index contributed by atoms with van der Waals surface area (Å²) < 4.78 is 53.0. The summed E-state index contributed by atoms with van der Waals surface area (Å²) >= 11 is 1.19. The highest BCUT2D eigenvalue weighted by Gasteiger charge is 2.24. The van der Waals surface area contributed by atoms with Crippen molar-refractivity contribution >= 4 is 54.8 Å². The molecule has 0 aliphatic carbocycles. The predicted octanol–water partition coefficient (Wildman–Crippen LogP) is 4.54. The Balaban J connectivity index is 0.00000385. The number of benzene rings is 2. The van der Waals surface area contributed by atoms with Crippen molar-refractivity contribution < 1.29 is 22.0 Å². The van der Waals surface area contributed by atoms with Gasteiger partial charge >= 0.3 is 0 Å². The Morgan fingerprint density at radius 1 is 1.03 bits per heavy atom. The maximum absolute atomic E-state index is 14.1. The number of amides is 1. The Hall–Kier alpha value is -2.14. The van der Waals surface area contributed by atoms with E-state index in [1.54, 1.807) is 12.1 Å². The van der Waals surface area contributed by atoms with Gasteiger partial charge in [-0.05, 0) is 49.5 Å². The molecule has 6 nitrogen and oxygen atoms in total. The average Bonchev–Trinajstić information content (AvgIpc) is 3.21. The van der Waals surface area contributed by atoms with E-state index in [0.717, 1.165) is 25.2 Å². The minimum atomic E-state index is -3.76. The van der Waals surface area contributed by atoms with Gasteiger partial charge < -0.3 is 4.90 Å². The Labute approximate surface area is 202 Å². The molecule has 0 bridgehead atoms. The highest BCUT2D eigenvalue weighted by Crippen LogP contribution is 2.30. The molecule has 0 spiro atoms. The predicted molar refractivity (Wildman–Crippen MR) is 130 cm³/mol. The summed E-state index contributed by atoms with van der Waals surface area (Å²) in [6, 6.07) is 9.13. The summed E-state index contributed by atoms with van der Waals surface area (Å²) in [7, 11) is -3.76. The number of aromatic nitrogens is 1. The molecule has 0 aliphatic heterocycles. The third kappa shape index (κ3) is 6.69. The number of para-hydroxylation sites is 1. The second-order valence-electron chi connectivity index (χ2n) is 7.18. The largest absolute Gasteiger partial charge is 0.302 e. The summed E-state index contributed by atoms with van der Waals surface area (Å²) in [5.41, 5.74) is 0.187. The van der Waals surface area contributed by atoms with Crippen LogP contribution in [-0.2, 0) is 14.6 Å². The van der Waals surface area contributed by atoms with Gasteiger partial charge in [0.15, 0.2) is 15.0 Å². The number of hydrogen-bond acceptors (Lipinski definition) is 6. The van der Waals surface area contributed by atoms with E-state index in [9.17, 15) is 22.0 Å². The zero-order valence-electron chi connectivity index (χ0n) is 18.3. The first kappa shape index (κ1) is 27.1. The number of likely N-dealkylation sites (N-methyl/N-ethyl adjacent to an activating group) is 1. The molecule has 1 aromatic heterocycles. The molecule has 1 heterocycles. The van der Waals surface area contributed by atoms with Crippen molar-refractivity contribution in [3.05, 3.63) is 54.1 Å². The normalized spacial score (nSPS) is 11.5. The minimum Gasteiger partial charge on any atom is -0.302 e. The van der Waals surface area contributed by atoms with Crippen LogP contribution >= 0.6 is 23.7 Å². The van der Waals surface area contributed by atoms with Gasteiger partial charge in [0, 0.05) is 19.5 Å². The van der Waals surface area contributed by atoms with Gasteiger partial charge in [-0.3, -0.25) is 9.69 Å². The number of rotatable bonds is 10. The molecule has 33 heavy (non-hydrogen) atoms. The van der Waals surface area contributed by atoms with E-state index >= 15 is 0 Å². The molecular weight excluding hydrogens is 492 g/mol. The van der Waals surface area contributed by atoms with Crippen LogP contribution in [0.4, 0.5) is 13.9 Å². The van der Waals surface area contributed by atoms with Crippen LogP contribution in [-0.4, -0.2) is 56.1 Å². The molecule has 11 heteroatoms. The highest BCUT2D eigenvalue weighted by molar-refractivity contribution is 7.91. The van der Waals surface area contributed by atoms with Gasteiger partial charge in [-0.25, -0.2) is 22.2 Å². The molecule has 0 radical (unpaired) electrons. The van der Waals surface area contributed by atoms with Crippen molar-refractivity contribution in [1.29, 1.82) is 0 Å². The van der Waals surface area contributed by atoms with Crippen LogP contribution in [0.25, 0.3) is 10.2 Å². The van der Waals surface area contributed by atoms with Gasteiger partial charge in [-0.2, -0.15) is 0 Å². The van der Waals surface area contributed by atoms with E-state index in [2.05, 4.69) is 9.88 Å². The zero-order valence-corrected chi connectivity index (χ0v) is 20.8. The van der Waals surface area contributed by atoms with Crippen LogP contribution < -0.4 is 4.90 Å². The fraction of sp³-hybridized carbons (Fsp3) is 0.364. The summed E-state index contributed by atoms with van der Waals surface area (Å²) in [6.45, 7) is 6.49. The lowest BCUT2D eigenvalue weighted by atomic mass is 10.3. The van der Waals surface area contributed by atoms with Crippen molar-refractivity contribution in [3.8, 4) is 0 Å². The topological polar surface area (TPSA) is 70.6 Å². The fourth-order valence-corrected chi connectivity index (χ4v) is 5.50. The lowest BCUT2D eigenvalue weighted by molar-refractivity contribution is -0.118. The number of sulfone groups is 1. The van der Waals surface area contributed by atoms with Crippen molar-refractivity contribution in [2.24, 2.45) is 0 Å². The van der Waals surface area contributed by atoms with Gasteiger partial charge in [0.1, 0.15) is 17.2 Å². The Morgan fingerprint density at radius 3 is 2.30 bits per heavy atom. The monoisotopic (exact) mass is 517 g/mol. The van der Waals surface area contributed by atoms with Crippen molar-refractivity contribution in [2.45, 2.75) is 25.2 Å². The third-order valence-electron chi connectivity index (χ3n) is 5.18. The summed E-state index contributed by atoms with van der Waals surface area (Å²) in [4.78, 5) is 20.9. The first-order valence-corrected chi connectivity index (χ1v) is 12.8. The van der Waals surface area contributed by atoms with E-state index in [1.807, 2.05) is 13.8 Å². The molecule has 3 aromatic rings. The van der Waals surface area contributed by atoms with Crippen molar-refractivity contribution in [3.63, 3.8) is 0 Å². The molecule has 0 saturated carbocycles. The smallest absolute Gasteiger partial charge is 0.229 e. The Morgan fingerprint density at radius 2 is 1.70 bits per heavy atom. The quantitative estimate of drug-likeness (QED) is 0.369. The van der Waals surface area contributed by atoms with E-state index in [0.29, 0.717) is 22.9 Å². The molecule has 0 aliphatic rings. The van der Waals surface area contributed by atoms with Gasteiger partial charge in [0.05, 0.1) is 15.3 Å². The summed E-state index contributed by atoms with van der Waals surface area (Å²) in [5.74, 6) is -1.84. The maximum Gasteiger partial charge on any atom is 0.229 e. The minimum absolute atomic E-state index is 0. The van der Waals surface area contributed by atoms with Crippen LogP contribution in [0.3, 0.4) is 0 Å². The first-order valence-electron chi connectivity index (χ1n) is 10.3. The second-order valence-corrected chi connectivity index (χ2v) is 10.3. The number of fused-ring (bicyclic) bond motifs is 1. The van der Waals surface area contributed by atoms with Gasteiger partial charge in [-0.1, -0.05) is 31.3 Å². The fourth-order valence-electron chi connectivity index (χ4n) is 3.24. The van der Waals surface area contributed by atoms with E-state index in [4.69, 9.17) is 0 Å². The molecule has 180 valence electrons. The second kappa shape index (κ2) is 11.8. The standard InChI is InChI=1S/C22H25F2N3O3S2.ClH/c1-3-26(4-2)13-14-27(22-25-21-18(24)6-5-7-19(21)31-22)20(28)12-15-32(29,30)17-10-8-16(23)9-11-17;/h5-11H,3-4,12-15H2,1-2H3;1H.